The van der Waals surface area contributed by atoms with Gasteiger partial charge in [-0.05, 0) is 30.3 Å². The summed E-state index contributed by atoms with van der Waals surface area (Å²) >= 11 is 0. The van der Waals surface area contributed by atoms with E-state index in [1.807, 2.05) is 12.1 Å². The molecule has 14 heavy (non-hydrogen) atoms. The van der Waals surface area contributed by atoms with Gasteiger partial charge in [-0.1, -0.05) is 0 Å². The Morgan fingerprint density at radius 1 is 1.07 bits per heavy atom. The fraction of sp³-hybridized carbons (Fsp3) is 0.545. The number of Topliss-reactive ketones (excluding diaryl/α,β-unsaturated/α-hetero) is 1. The van der Waals surface area contributed by atoms with Crippen molar-refractivity contribution < 1.29 is 4.79 Å². The van der Waals surface area contributed by atoms with Crippen molar-refractivity contribution in [1.29, 1.82) is 10.5 Å². The molecular weight excluding hydrogens is 176 g/mol. The summed E-state index contributed by atoms with van der Waals surface area (Å²) in [4.78, 5) is 11.6. The summed E-state index contributed by atoms with van der Waals surface area (Å²) in [7, 11) is 0. The van der Waals surface area contributed by atoms with E-state index in [9.17, 15) is 4.79 Å². The highest BCUT2D eigenvalue weighted by atomic mass is 16.1. The molecule has 4 aliphatic carbocycles. The zero-order valence-electron chi connectivity index (χ0n) is 7.53. The van der Waals surface area contributed by atoms with E-state index in [2.05, 4.69) is 0 Å². The van der Waals surface area contributed by atoms with Crippen molar-refractivity contribution in [1.82, 2.24) is 0 Å². The highest BCUT2D eigenvalue weighted by Crippen LogP contribution is 2.64. The van der Waals surface area contributed by atoms with Crippen LogP contribution in [0, 0.1) is 46.3 Å². The van der Waals surface area contributed by atoms with Crippen molar-refractivity contribution in [2.45, 2.75) is 12.8 Å². The second-order valence-corrected chi connectivity index (χ2v) is 4.35. The standard InChI is InChI=1S/C11H8N2O/c12-3-5(4-13)10-6-1-8-7(10)2-9(6)11(8)14/h6-9H,1-2H2/t6-,7-,8-,9-/m1/s1. The van der Waals surface area contributed by atoms with Gasteiger partial charge in [0.05, 0.1) is 0 Å². The van der Waals surface area contributed by atoms with Crippen LogP contribution in [0.5, 0.6) is 0 Å². The van der Waals surface area contributed by atoms with Gasteiger partial charge in [-0.2, -0.15) is 10.5 Å². The lowest BCUT2D eigenvalue weighted by Gasteiger charge is -2.11. The van der Waals surface area contributed by atoms with Gasteiger partial charge < -0.3 is 0 Å². The Balaban J connectivity index is 2.14. The number of carbonyl (C=O) groups excluding carboxylic acids is 1. The van der Waals surface area contributed by atoms with Crippen molar-refractivity contribution in [2.24, 2.45) is 23.7 Å². The molecule has 0 radical (unpaired) electrons. The highest BCUT2D eigenvalue weighted by molar-refractivity contribution is 5.92. The minimum absolute atomic E-state index is 0.150. The lowest BCUT2D eigenvalue weighted by atomic mass is 9.91. The largest absolute Gasteiger partial charge is 0.299 e. The molecule has 68 valence electrons. The van der Waals surface area contributed by atoms with Crippen molar-refractivity contribution in [3.05, 3.63) is 11.1 Å². The number of rotatable bonds is 0. The van der Waals surface area contributed by atoms with Crippen LogP contribution in [0.1, 0.15) is 12.8 Å². The van der Waals surface area contributed by atoms with Crippen LogP contribution in [0.15, 0.2) is 11.1 Å². The van der Waals surface area contributed by atoms with E-state index in [1.54, 1.807) is 0 Å². The van der Waals surface area contributed by atoms with Crippen LogP contribution in [0.2, 0.25) is 0 Å². The van der Waals surface area contributed by atoms with Gasteiger partial charge in [0.25, 0.3) is 0 Å². The monoisotopic (exact) mass is 184 g/mol. The van der Waals surface area contributed by atoms with Crippen LogP contribution in [0.4, 0.5) is 0 Å². The molecule has 0 aliphatic heterocycles. The van der Waals surface area contributed by atoms with Crippen LogP contribution in [0.25, 0.3) is 0 Å². The normalized spacial score (nSPS) is 41.6. The second-order valence-electron chi connectivity index (χ2n) is 4.35. The number of allylic oxidation sites excluding steroid dienone is 2. The van der Waals surface area contributed by atoms with E-state index in [4.69, 9.17) is 10.5 Å². The van der Waals surface area contributed by atoms with E-state index in [0.29, 0.717) is 5.78 Å². The van der Waals surface area contributed by atoms with Crippen LogP contribution in [0.3, 0.4) is 0 Å². The molecular formula is C11H8N2O. The Kier molecular flexibility index (Phi) is 1.25. The smallest absolute Gasteiger partial charge is 0.140 e. The first-order valence-electron chi connectivity index (χ1n) is 4.86. The topological polar surface area (TPSA) is 64.7 Å². The maximum atomic E-state index is 11.6. The summed E-state index contributed by atoms with van der Waals surface area (Å²) in [5, 5.41) is 17.6. The summed E-state index contributed by atoms with van der Waals surface area (Å²) in [6, 6.07) is 3.92. The fourth-order valence-electron chi connectivity index (χ4n) is 3.60. The lowest BCUT2D eigenvalue weighted by molar-refractivity contribution is -0.122. The third kappa shape index (κ3) is 0.622. The predicted octanol–water partition coefficient (Wildman–Crippen LogP) is 1.19. The molecule has 0 amide bonds. The van der Waals surface area contributed by atoms with Crippen LogP contribution in [-0.2, 0) is 4.79 Å². The van der Waals surface area contributed by atoms with Gasteiger partial charge in [0.1, 0.15) is 23.5 Å². The molecule has 3 nitrogen and oxygen atoms in total. The van der Waals surface area contributed by atoms with Crippen molar-refractivity contribution in [2.75, 3.05) is 0 Å². The summed E-state index contributed by atoms with van der Waals surface area (Å²) in [5.74, 6) is 1.17. The first-order chi connectivity index (χ1) is 6.77. The molecule has 4 atom stereocenters. The highest BCUT2D eigenvalue weighted by Gasteiger charge is 2.63. The van der Waals surface area contributed by atoms with Crippen LogP contribution < -0.4 is 0 Å². The Hall–Kier alpha value is -1.61. The Labute approximate surface area is 81.6 Å². The SMILES string of the molecule is N#CC(C#N)=C1[C@@H]2C[C@H]3C(=O)[C@@H]2C[C@@H]13. The predicted molar refractivity (Wildman–Crippen MR) is 46.5 cm³/mol. The third-order valence-electron chi connectivity index (χ3n) is 4.03. The van der Waals surface area contributed by atoms with E-state index in [1.165, 1.54) is 0 Å². The molecule has 0 heterocycles. The average molecular weight is 184 g/mol. The maximum absolute atomic E-state index is 11.6. The van der Waals surface area contributed by atoms with Crippen molar-refractivity contribution in [3.63, 3.8) is 0 Å². The minimum Gasteiger partial charge on any atom is -0.299 e. The average Bonchev–Trinajstić information content (AvgIpc) is 2.87. The molecule has 0 saturated heterocycles. The van der Waals surface area contributed by atoms with Gasteiger partial charge in [-0.3, -0.25) is 4.79 Å². The molecule has 4 aliphatic rings. The number of hydrogen-bond acceptors (Lipinski definition) is 3. The Morgan fingerprint density at radius 2 is 1.57 bits per heavy atom. The summed E-state index contributed by atoms with van der Waals surface area (Å²) < 4.78 is 0. The number of carbonyl (C=O) groups is 1. The number of nitrogens with zero attached hydrogens (tertiary/aromatic N) is 2. The third-order valence-corrected chi connectivity index (χ3v) is 4.03. The number of hydrogen-bond donors (Lipinski definition) is 0. The van der Waals surface area contributed by atoms with Crippen LogP contribution >= 0.6 is 0 Å². The summed E-state index contributed by atoms with van der Waals surface area (Å²) in [6.07, 6.45) is 1.80. The second kappa shape index (κ2) is 2.25. The molecule has 3 heteroatoms. The van der Waals surface area contributed by atoms with Gasteiger partial charge in [-0.15, -0.1) is 0 Å². The molecule has 0 aromatic heterocycles. The Bertz CT molecular complexity index is 411. The fourth-order valence-corrected chi connectivity index (χ4v) is 3.60. The molecule has 0 aromatic rings. The van der Waals surface area contributed by atoms with Gasteiger partial charge in [0.15, 0.2) is 0 Å². The van der Waals surface area contributed by atoms with E-state index in [0.717, 1.165) is 18.4 Å². The lowest BCUT2D eigenvalue weighted by Crippen LogP contribution is -2.15. The van der Waals surface area contributed by atoms with Gasteiger partial charge in [-0.25, -0.2) is 0 Å². The Morgan fingerprint density at radius 3 is 1.93 bits per heavy atom. The minimum atomic E-state index is 0.150. The number of ketones is 1. The zero-order valence-corrected chi connectivity index (χ0v) is 7.53. The van der Waals surface area contributed by atoms with Crippen LogP contribution in [-0.4, -0.2) is 5.78 Å². The molecule has 4 bridgehead atoms. The summed E-state index contributed by atoms with van der Waals surface area (Å²) in [5.41, 5.74) is 1.28. The molecule has 0 unspecified atom stereocenters. The van der Waals surface area contributed by atoms with Gasteiger partial charge in [0.2, 0.25) is 0 Å². The van der Waals surface area contributed by atoms with Crippen molar-refractivity contribution >= 4 is 5.78 Å². The summed E-state index contributed by atoms with van der Waals surface area (Å²) in [6.45, 7) is 0. The van der Waals surface area contributed by atoms with E-state index in [-0.39, 0.29) is 29.2 Å². The molecule has 4 saturated carbocycles. The van der Waals surface area contributed by atoms with E-state index >= 15 is 0 Å². The molecule has 0 aromatic carbocycles. The first-order valence-corrected chi connectivity index (χ1v) is 4.86. The van der Waals surface area contributed by atoms with Gasteiger partial charge >= 0.3 is 0 Å². The number of nitriles is 2. The molecule has 4 rings (SSSR count). The molecule has 4 fully saturated rings. The molecule has 0 N–H and O–H groups in total. The quantitative estimate of drug-likeness (QED) is 0.531. The van der Waals surface area contributed by atoms with Gasteiger partial charge in [0, 0.05) is 11.8 Å². The van der Waals surface area contributed by atoms with Crippen molar-refractivity contribution in [3.8, 4) is 12.1 Å². The van der Waals surface area contributed by atoms with E-state index < -0.39 is 0 Å². The maximum Gasteiger partial charge on any atom is 0.140 e. The molecule has 0 spiro atoms. The zero-order chi connectivity index (χ0) is 9.87. The first kappa shape index (κ1) is 7.76.